The maximum atomic E-state index is 12.3. The van der Waals surface area contributed by atoms with Crippen LogP contribution < -0.4 is 20.1 Å². The molecule has 3 amide bonds. The summed E-state index contributed by atoms with van der Waals surface area (Å²) in [6, 6.07) is 2.45. The lowest BCUT2D eigenvalue weighted by atomic mass is 10.0. The molecule has 1 aliphatic heterocycles. The average Bonchev–Trinajstić information content (AvgIpc) is 2.50. The highest BCUT2D eigenvalue weighted by Crippen LogP contribution is 2.29. The van der Waals surface area contributed by atoms with Gasteiger partial charge in [-0.25, -0.2) is 0 Å². The van der Waals surface area contributed by atoms with Crippen molar-refractivity contribution in [2.75, 3.05) is 14.2 Å². The van der Waals surface area contributed by atoms with Crippen molar-refractivity contribution in [2.24, 2.45) is 0 Å². The second-order valence-corrected chi connectivity index (χ2v) is 4.98. The lowest BCUT2D eigenvalue weighted by Crippen LogP contribution is -2.52. The van der Waals surface area contributed by atoms with Crippen molar-refractivity contribution in [3.05, 3.63) is 23.3 Å². The largest absolute Gasteiger partial charge is 0.496 e. The second-order valence-electron chi connectivity index (χ2n) is 4.98. The molecule has 0 saturated carbocycles. The number of amides is 3. The van der Waals surface area contributed by atoms with E-state index in [0.717, 1.165) is 5.56 Å². The molecule has 1 fully saturated rings. The summed E-state index contributed by atoms with van der Waals surface area (Å²) in [6.45, 7) is 1.82. The molecule has 0 aliphatic carbocycles. The summed E-state index contributed by atoms with van der Waals surface area (Å²) in [5.41, 5.74) is 1.10. The Labute approximate surface area is 128 Å². The molecule has 22 heavy (non-hydrogen) atoms. The third-order valence-electron chi connectivity index (χ3n) is 3.56. The first-order valence-corrected chi connectivity index (χ1v) is 6.83. The topological polar surface area (TPSA) is 93.7 Å². The molecule has 0 radical (unpaired) electrons. The Morgan fingerprint density at radius 3 is 2.32 bits per heavy atom. The monoisotopic (exact) mass is 306 g/mol. The van der Waals surface area contributed by atoms with Gasteiger partial charge in [0.1, 0.15) is 17.5 Å². The number of carbonyl (C=O) groups is 3. The van der Waals surface area contributed by atoms with Crippen molar-refractivity contribution in [3.63, 3.8) is 0 Å². The number of piperidine rings is 1. The molecule has 1 atom stereocenters. The molecule has 118 valence electrons. The Kier molecular flexibility index (Phi) is 4.65. The normalized spacial score (nSPS) is 17.7. The summed E-state index contributed by atoms with van der Waals surface area (Å²) in [7, 11) is 3.01. The zero-order valence-electron chi connectivity index (χ0n) is 12.7. The maximum Gasteiger partial charge on any atom is 0.252 e. The molecule has 1 aliphatic rings. The summed E-state index contributed by atoms with van der Waals surface area (Å²) in [5, 5.41) is 4.81. The highest BCUT2D eigenvalue weighted by molar-refractivity contribution is 6.04. The van der Waals surface area contributed by atoms with E-state index < -0.39 is 17.9 Å². The first-order chi connectivity index (χ1) is 10.5. The number of ether oxygens (including phenoxy) is 2. The minimum absolute atomic E-state index is 0.206. The zero-order chi connectivity index (χ0) is 16.3. The van der Waals surface area contributed by atoms with Crippen molar-refractivity contribution >= 4 is 17.7 Å². The van der Waals surface area contributed by atoms with E-state index >= 15 is 0 Å². The van der Waals surface area contributed by atoms with Crippen molar-refractivity contribution in [3.8, 4) is 11.5 Å². The Hall–Kier alpha value is -2.57. The fourth-order valence-electron chi connectivity index (χ4n) is 2.29. The summed E-state index contributed by atoms with van der Waals surface area (Å²) >= 11 is 0. The highest BCUT2D eigenvalue weighted by atomic mass is 16.5. The van der Waals surface area contributed by atoms with Crippen LogP contribution in [0.5, 0.6) is 11.5 Å². The Morgan fingerprint density at radius 2 is 1.82 bits per heavy atom. The van der Waals surface area contributed by atoms with E-state index in [1.54, 1.807) is 12.1 Å². The van der Waals surface area contributed by atoms with Crippen LogP contribution in [0.4, 0.5) is 0 Å². The van der Waals surface area contributed by atoms with Gasteiger partial charge in [-0.2, -0.15) is 0 Å². The van der Waals surface area contributed by atoms with Gasteiger partial charge in [0.15, 0.2) is 0 Å². The van der Waals surface area contributed by atoms with E-state index in [9.17, 15) is 14.4 Å². The molecular weight excluding hydrogens is 288 g/mol. The van der Waals surface area contributed by atoms with Crippen LogP contribution in [-0.2, 0) is 9.59 Å². The number of carbonyl (C=O) groups excluding carboxylic acids is 3. The van der Waals surface area contributed by atoms with Crippen LogP contribution in [0.3, 0.4) is 0 Å². The predicted molar refractivity (Wildman–Crippen MR) is 77.9 cm³/mol. The molecule has 2 rings (SSSR count). The van der Waals surface area contributed by atoms with Gasteiger partial charge in [-0.15, -0.1) is 0 Å². The van der Waals surface area contributed by atoms with Crippen LogP contribution in [0.25, 0.3) is 0 Å². The number of hydrogen-bond donors (Lipinski definition) is 2. The molecule has 1 aromatic rings. The number of benzene rings is 1. The van der Waals surface area contributed by atoms with Crippen LogP contribution in [0.15, 0.2) is 12.1 Å². The summed E-state index contributed by atoms with van der Waals surface area (Å²) in [4.78, 5) is 35.1. The molecule has 1 heterocycles. The van der Waals surface area contributed by atoms with Gasteiger partial charge >= 0.3 is 0 Å². The molecule has 0 bridgehead atoms. The SMILES string of the molecule is COc1cc(C(=O)NC2CCC(=O)NC2=O)cc(OC)c1C. The predicted octanol–water partition coefficient (Wildman–Crippen LogP) is 0.547. The van der Waals surface area contributed by atoms with Crippen molar-refractivity contribution in [1.82, 2.24) is 10.6 Å². The van der Waals surface area contributed by atoms with Crippen LogP contribution in [0.1, 0.15) is 28.8 Å². The zero-order valence-corrected chi connectivity index (χ0v) is 12.7. The first-order valence-electron chi connectivity index (χ1n) is 6.83. The van der Waals surface area contributed by atoms with Gasteiger partial charge < -0.3 is 14.8 Å². The van der Waals surface area contributed by atoms with Crippen LogP contribution >= 0.6 is 0 Å². The molecule has 7 nitrogen and oxygen atoms in total. The molecule has 1 unspecified atom stereocenters. The lowest BCUT2D eigenvalue weighted by molar-refractivity contribution is -0.134. The van der Waals surface area contributed by atoms with Crippen molar-refractivity contribution < 1.29 is 23.9 Å². The van der Waals surface area contributed by atoms with E-state index in [1.807, 2.05) is 6.92 Å². The minimum atomic E-state index is -0.719. The second kappa shape index (κ2) is 6.46. The maximum absolute atomic E-state index is 12.3. The van der Waals surface area contributed by atoms with E-state index in [0.29, 0.717) is 17.1 Å². The minimum Gasteiger partial charge on any atom is -0.496 e. The third-order valence-corrected chi connectivity index (χ3v) is 3.56. The smallest absolute Gasteiger partial charge is 0.252 e. The molecular formula is C15H18N2O5. The van der Waals surface area contributed by atoms with Crippen molar-refractivity contribution in [1.29, 1.82) is 0 Å². The summed E-state index contributed by atoms with van der Waals surface area (Å²) in [6.07, 6.45) is 0.494. The van der Waals surface area contributed by atoms with E-state index in [4.69, 9.17) is 9.47 Å². The van der Waals surface area contributed by atoms with Gasteiger partial charge in [-0.3, -0.25) is 19.7 Å². The Bertz CT molecular complexity index is 601. The van der Waals surface area contributed by atoms with Crippen LogP contribution in [0.2, 0.25) is 0 Å². The molecule has 2 N–H and O–H groups in total. The Balaban J connectivity index is 2.19. The van der Waals surface area contributed by atoms with Gasteiger partial charge in [0, 0.05) is 17.5 Å². The van der Waals surface area contributed by atoms with Gasteiger partial charge in [0.05, 0.1) is 14.2 Å². The fourth-order valence-corrected chi connectivity index (χ4v) is 2.29. The number of imide groups is 1. The van der Waals surface area contributed by atoms with E-state index in [-0.39, 0.29) is 18.7 Å². The van der Waals surface area contributed by atoms with Crippen LogP contribution in [0, 0.1) is 6.92 Å². The highest BCUT2D eigenvalue weighted by Gasteiger charge is 2.28. The van der Waals surface area contributed by atoms with E-state index in [1.165, 1.54) is 14.2 Å². The number of hydrogen-bond acceptors (Lipinski definition) is 5. The first kappa shape index (κ1) is 15.8. The Morgan fingerprint density at radius 1 is 1.23 bits per heavy atom. The standard InChI is InChI=1S/C15H18N2O5/c1-8-11(21-2)6-9(7-12(8)22-3)14(19)16-10-4-5-13(18)17-15(10)20/h6-7,10H,4-5H2,1-3H3,(H,16,19)(H,17,18,20). The third kappa shape index (κ3) is 3.19. The van der Waals surface area contributed by atoms with Gasteiger partial charge in [0.2, 0.25) is 11.8 Å². The van der Waals surface area contributed by atoms with Gasteiger partial charge in [-0.05, 0) is 25.5 Å². The van der Waals surface area contributed by atoms with Gasteiger partial charge in [-0.1, -0.05) is 0 Å². The molecule has 1 aromatic carbocycles. The lowest BCUT2D eigenvalue weighted by Gasteiger charge is -2.22. The van der Waals surface area contributed by atoms with Crippen molar-refractivity contribution in [2.45, 2.75) is 25.8 Å². The summed E-state index contributed by atoms with van der Waals surface area (Å²) in [5.74, 6) is -0.198. The average molecular weight is 306 g/mol. The molecule has 0 aromatic heterocycles. The molecule has 1 saturated heterocycles. The number of rotatable bonds is 4. The quantitative estimate of drug-likeness (QED) is 0.792. The van der Waals surface area contributed by atoms with Gasteiger partial charge in [0.25, 0.3) is 5.91 Å². The fraction of sp³-hybridized carbons (Fsp3) is 0.400. The van der Waals surface area contributed by atoms with E-state index in [2.05, 4.69) is 10.6 Å². The molecule has 7 heteroatoms. The number of nitrogens with one attached hydrogen (secondary N) is 2. The number of methoxy groups -OCH3 is 2. The summed E-state index contributed by atoms with van der Waals surface area (Å²) < 4.78 is 10.4. The van der Waals surface area contributed by atoms with Crippen LogP contribution in [-0.4, -0.2) is 38.0 Å². The molecule has 0 spiro atoms.